The van der Waals surface area contributed by atoms with Crippen molar-refractivity contribution in [3.05, 3.63) is 23.4 Å². The smallest absolute Gasteiger partial charge is 0.242 e. The number of thiophene rings is 1. The molecule has 0 unspecified atom stereocenters. The molecule has 0 amide bonds. The van der Waals surface area contributed by atoms with Crippen LogP contribution in [0.4, 0.5) is 0 Å². The van der Waals surface area contributed by atoms with Crippen molar-refractivity contribution in [3.8, 4) is 10.7 Å². The number of hydrogen-bond acceptors (Lipinski definition) is 7. The van der Waals surface area contributed by atoms with Crippen LogP contribution < -0.4 is 0 Å². The third-order valence-corrected chi connectivity index (χ3v) is 4.63. The summed E-state index contributed by atoms with van der Waals surface area (Å²) in [5, 5.41) is 14.2. The summed E-state index contributed by atoms with van der Waals surface area (Å²) in [5.74, 6) is 0.111. The maximum absolute atomic E-state index is 11.6. The van der Waals surface area contributed by atoms with Crippen molar-refractivity contribution in [2.75, 3.05) is 12.4 Å². The van der Waals surface area contributed by atoms with E-state index < -0.39 is 9.84 Å². The van der Waals surface area contributed by atoms with E-state index in [4.69, 9.17) is 9.63 Å². The fourth-order valence-electron chi connectivity index (χ4n) is 1.36. The summed E-state index contributed by atoms with van der Waals surface area (Å²) < 4.78 is 28.1. The molecular weight excluding hydrogens is 276 g/mol. The Morgan fingerprint density at radius 3 is 2.94 bits per heavy atom. The Morgan fingerprint density at radius 2 is 2.28 bits per heavy atom. The first-order valence-corrected chi connectivity index (χ1v) is 7.98. The molecule has 0 aliphatic rings. The minimum atomic E-state index is -3.31. The van der Waals surface area contributed by atoms with Crippen LogP contribution in [0.15, 0.2) is 22.0 Å². The van der Waals surface area contributed by atoms with E-state index in [-0.39, 0.29) is 30.4 Å². The molecule has 0 bridgehead atoms. The molecule has 0 aliphatic heterocycles. The molecule has 6 nitrogen and oxygen atoms in total. The van der Waals surface area contributed by atoms with Gasteiger partial charge in [-0.15, -0.1) is 11.3 Å². The molecule has 8 heteroatoms. The SMILES string of the molecule is O=S(=O)(CCCO)Cc1nc(-c2cccs2)no1. The molecule has 18 heavy (non-hydrogen) atoms. The first kappa shape index (κ1) is 13.2. The summed E-state index contributed by atoms with van der Waals surface area (Å²) in [4.78, 5) is 4.87. The van der Waals surface area contributed by atoms with Gasteiger partial charge in [-0.25, -0.2) is 8.42 Å². The van der Waals surface area contributed by atoms with E-state index in [2.05, 4.69) is 10.1 Å². The van der Waals surface area contributed by atoms with Gasteiger partial charge < -0.3 is 9.63 Å². The van der Waals surface area contributed by atoms with Crippen molar-refractivity contribution in [2.24, 2.45) is 0 Å². The number of sulfone groups is 1. The van der Waals surface area contributed by atoms with E-state index in [1.807, 2.05) is 17.5 Å². The van der Waals surface area contributed by atoms with Crippen LogP contribution in [-0.4, -0.2) is 36.0 Å². The summed E-state index contributed by atoms with van der Waals surface area (Å²) in [6.07, 6.45) is 0.217. The van der Waals surface area contributed by atoms with Gasteiger partial charge in [-0.3, -0.25) is 0 Å². The lowest BCUT2D eigenvalue weighted by Gasteiger charge is -1.98. The van der Waals surface area contributed by atoms with Gasteiger partial charge in [0.25, 0.3) is 0 Å². The predicted octanol–water partition coefficient (Wildman–Crippen LogP) is 1.10. The largest absolute Gasteiger partial charge is 0.396 e. The molecule has 0 saturated carbocycles. The van der Waals surface area contributed by atoms with Gasteiger partial charge in [-0.2, -0.15) is 4.98 Å². The van der Waals surface area contributed by atoms with E-state index in [0.717, 1.165) is 4.88 Å². The number of rotatable bonds is 6. The predicted molar refractivity (Wildman–Crippen MR) is 66.8 cm³/mol. The fraction of sp³-hybridized carbons (Fsp3) is 0.400. The van der Waals surface area contributed by atoms with E-state index in [9.17, 15) is 8.42 Å². The third-order valence-electron chi connectivity index (χ3n) is 2.17. The standard InChI is InChI=1S/C10H12N2O4S2/c13-4-2-6-18(14,15)7-9-11-10(12-16-9)8-3-1-5-17-8/h1,3,5,13H,2,4,6-7H2. The summed E-state index contributed by atoms with van der Waals surface area (Å²) in [6.45, 7) is -0.149. The minimum Gasteiger partial charge on any atom is -0.396 e. The van der Waals surface area contributed by atoms with Crippen LogP contribution in [0.2, 0.25) is 0 Å². The molecule has 2 heterocycles. The summed E-state index contributed by atoms with van der Waals surface area (Å²) in [6, 6.07) is 3.69. The molecule has 0 atom stereocenters. The van der Waals surface area contributed by atoms with Crippen LogP contribution in [0.1, 0.15) is 12.3 Å². The van der Waals surface area contributed by atoms with Gasteiger partial charge in [-0.1, -0.05) is 11.2 Å². The number of hydrogen-bond donors (Lipinski definition) is 1. The Labute approximate surface area is 108 Å². The Hall–Kier alpha value is -1.25. The molecule has 0 aliphatic carbocycles. The van der Waals surface area contributed by atoms with Crippen LogP contribution in [0.3, 0.4) is 0 Å². The molecule has 2 aromatic rings. The van der Waals surface area contributed by atoms with Gasteiger partial charge in [0.1, 0.15) is 5.75 Å². The van der Waals surface area contributed by atoms with Crippen LogP contribution in [0.5, 0.6) is 0 Å². The van der Waals surface area contributed by atoms with Crippen molar-refractivity contribution >= 4 is 21.2 Å². The first-order valence-electron chi connectivity index (χ1n) is 5.28. The molecule has 0 aromatic carbocycles. The average Bonchev–Trinajstić information content (AvgIpc) is 2.95. The topological polar surface area (TPSA) is 93.3 Å². The van der Waals surface area contributed by atoms with E-state index >= 15 is 0 Å². The molecule has 0 radical (unpaired) electrons. The quantitative estimate of drug-likeness (QED) is 0.855. The molecule has 2 aromatic heterocycles. The second-order valence-corrected chi connectivity index (χ2v) is 6.79. The zero-order valence-corrected chi connectivity index (χ0v) is 11.1. The lowest BCUT2D eigenvalue weighted by molar-refractivity contribution is 0.295. The highest BCUT2D eigenvalue weighted by Crippen LogP contribution is 2.21. The highest BCUT2D eigenvalue weighted by molar-refractivity contribution is 7.90. The first-order chi connectivity index (χ1) is 8.61. The molecular formula is C10H12N2O4S2. The second kappa shape index (κ2) is 5.59. The summed E-state index contributed by atoms with van der Waals surface area (Å²) in [7, 11) is -3.31. The molecule has 0 fully saturated rings. The molecule has 98 valence electrons. The zero-order valence-electron chi connectivity index (χ0n) is 9.44. The maximum atomic E-state index is 11.6. The Bertz CT molecular complexity index is 589. The monoisotopic (exact) mass is 288 g/mol. The van der Waals surface area contributed by atoms with Crippen LogP contribution in [0.25, 0.3) is 10.7 Å². The number of aliphatic hydroxyl groups is 1. The number of aromatic nitrogens is 2. The fourth-order valence-corrected chi connectivity index (χ4v) is 3.22. The Morgan fingerprint density at radius 1 is 1.44 bits per heavy atom. The second-order valence-electron chi connectivity index (χ2n) is 3.66. The van der Waals surface area contributed by atoms with Crippen LogP contribution in [-0.2, 0) is 15.6 Å². The van der Waals surface area contributed by atoms with Gasteiger partial charge in [0.05, 0.1) is 10.6 Å². The molecule has 2 rings (SSSR count). The zero-order chi connectivity index (χ0) is 13.0. The summed E-state index contributed by atoms with van der Waals surface area (Å²) in [5.41, 5.74) is 0. The van der Waals surface area contributed by atoms with E-state index in [1.165, 1.54) is 11.3 Å². The summed E-state index contributed by atoms with van der Waals surface area (Å²) >= 11 is 1.45. The third kappa shape index (κ3) is 3.37. The Balaban J connectivity index is 2.07. The van der Waals surface area contributed by atoms with Gasteiger partial charge in [0.15, 0.2) is 9.84 Å². The van der Waals surface area contributed by atoms with Crippen molar-refractivity contribution in [1.29, 1.82) is 0 Å². The van der Waals surface area contributed by atoms with Gasteiger partial charge in [0.2, 0.25) is 11.7 Å². The average molecular weight is 288 g/mol. The Kier molecular flexibility index (Phi) is 4.10. The number of nitrogens with zero attached hydrogens (tertiary/aromatic N) is 2. The molecule has 0 spiro atoms. The van der Waals surface area contributed by atoms with Crippen molar-refractivity contribution in [2.45, 2.75) is 12.2 Å². The van der Waals surface area contributed by atoms with Crippen LogP contribution >= 0.6 is 11.3 Å². The van der Waals surface area contributed by atoms with Crippen LogP contribution in [0, 0.1) is 0 Å². The van der Waals surface area contributed by atoms with E-state index in [0.29, 0.717) is 5.82 Å². The highest BCUT2D eigenvalue weighted by atomic mass is 32.2. The highest BCUT2D eigenvalue weighted by Gasteiger charge is 2.17. The van der Waals surface area contributed by atoms with Gasteiger partial charge >= 0.3 is 0 Å². The van der Waals surface area contributed by atoms with Crippen molar-refractivity contribution < 1.29 is 18.0 Å². The molecule has 1 N–H and O–H groups in total. The van der Waals surface area contributed by atoms with E-state index in [1.54, 1.807) is 0 Å². The molecule has 0 saturated heterocycles. The van der Waals surface area contributed by atoms with Crippen molar-refractivity contribution in [1.82, 2.24) is 10.1 Å². The maximum Gasteiger partial charge on any atom is 0.242 e. The minimum absolute atomic E-state index is 0.0799. The van der Waals surface area contributed by atoms with Gasteiger partial charge in [0, 0.05) is 6.61 Å². The normalized spacial score (nSPS) is 11.8. The van der Waals surface area contributed by atoms with Gasteiger partial charge in [-0.05, 0) is 17.9 Å². The lowest BCUT2D eigenvalue weighted by Crippen LogP contribution is -2.10. The lowest BCUT2D eigenvalue weighted by atomic mass is 10.4. The van der Waals surface area contributed by atoms with Crippen molar-refractivity contribution in [3.63, 3.8) is 0 Å². The number of aliphatic hydroxyl groups excluding tert-OH is 1.